The van der Waals surface area contributed by atoms with E-state index in [-0.39, 0.29) is 24.0 Å². The standard InChI is InChI=1S/C8H9ClFNO.ClH/c9-6-1-5(8(11)4-12)2-7(10)3-6;/h1-3,8,12H,4,11H2;1H. The third kappa shape index (κ3) is 3.48. The number of hydrogen-bond acceptors (Lipinski definition) is 2. The van der Waals surface area contributed by atoms with Crippen LogP contribution in [0.1, 0.15) is 11.6 Å². The first-order chi connectivity index (χ1) is 5.63. The molecule has 1 atom stereocenters. The van der Waals surface area contributed by atoms with Crippen LogP contribution in [0, 0.1) is 5.82 Å². The van der Waals surface area contributed by atoms with Crippen LogP contribution >= 0.6 is 24.0 Å². The summed E-state index contributed by atoms with van der Waals surface area (Å²) < 4.78 is 12.7. The monoisotopic (exact) mass is 225 g/mol. The molecule has 0 aliphatic heterocycles. The number of halogens is 3. The maximum Gasteiger partial charge on any atom is 0.125 e. The highest BCUT2D eigenvalue weighted by Crippen LogP contribution is 2.18. The first-order valence-electron chi connectivity index (χ1n) is 3.46. The maximum absolute atomic E-state index is 12.7. The minimum absolute atomic E-state index is 0. The Morgan fingerprint density at radius 1 is 1.46 bits per heavy atom. The summed E-state index contributed by atoms with van der Waals surface area (Å²) in [6, 6.07) is 3.41. The van der Waals surface area contributed by atoms with Gasteiger partial charge in [0, 0.05) is 5.02 Å². The number of aliphatic hydroxyl groups is 1. The first kappa shape index (κ1) is 12.7. The van der Waals surface area contributed by atoms with Crippen molar-refractivity contribution in [2.75, 3.05) is 6.61 Å². The molecule has 0 heterocycles. The van der Waals surface area contributed by atoms with Gasteiger partial charge in [-0.2, -0.15) is 0 Å². The smallest absolute Gasteiger partial charge is 0.125 e. The van der Waals surface area contributed by atoms with E-state index in [4.69, 9.17) is 22.4 Å². The second-order valence-corrected chi connectivity index (χ2v) is 2.93. The predicted molar refractivity (Wildman–Crippen MR) is 52.7 cm³/mol. The Hall–Kier alpha value is -0.350. The molecule has 5 heteroatoms. The van der Waals surface area contributed by atoms with E-state index in [1.165, 1.54) is 18.2 Å². The fourth-order valence-corrected chi connectivity index (χ4v) is 1.12. The van der Waals surface area contributed by atoms with Gasteiger partial charge in [-0.3, -0.25) is 0 Å². The third-order valence-electron chi connectivity index (χ3n) is 1.51. The second kappa shape index (κ2) is 5.40. The number of benzene rings is 1. The van der Waals surface area contributed by atoms with Crippen LogP contribution < -0.4 is 5.73 Å². The van der Waals surface area contributed by atoms with Crippen LogP contribution in [-0.4, -0.2) is 11.7 Å². The van der Waals surface area contributed by atoms with Crippen LogP contribution in [0.3, 0.4) is 0 Å². The molecule has 0 saturated heterocycles. The SMILES string of the molecule is Cl.NC(CO)c1cc(F)cc(Cl)c1. The molecule has 0 fully saturated rings. The van der Waals surface area contributed by atoms with E-state index in [1.807, 2.05) is 0 Å². The fourth-order valence-electron chi connectivity index (χ4n) is 0.895. The molecular formula is C8H10Cl2FNO. The van der Waals surface area contributed by atoms with Crippen LogP contribution in [0.4, 0.5) is 4.39 Å². The van der Waals surface area contributed by atoms with Crippen molar-refractivity contribution in [3.05, 3.63) is 34.6 Å². The van der Waals surface area contributed by atoms with E-state index >= 15 is 0 Å². The van der Waals surface area contributed by atoms with Crippen molar-refractivity contribution >= 4 is 24.0 Å². The fraction of sp³-hybridized carbons (Fsp3) is 0.250. The van der Waals surface area contributed by atoms with E-state index in [0.717, 1.165) is 0 Å². The Morgan fingerprint density at radius 2 is 2.08 bits per heavy atom. The molecule has 1 aromatic carbocycles. The largest absolute Gasteiger partial charge is 0.394 e. The summed E-state index contributed by atoms with van der Waals surface area (Å²) in [4.78, 5) is 0. The quantitative estimate of drug-likeness (QED) is 0.808. The molecule has 0 aromatic heterocycles. The zero-order valence-corrected chi connectivity index (χ0v) is 8.28. The molecule has 0 amide bonds. The van der Waals surface area contributed by atoms with Crippen LogP contribution in [0.5, 0.6) is 0 Å². The normalized spacial score (nSPS) is 12.0. The molecular weight excluding hydrogens is 216 g/mol. The molecule has 1 unspecified atom stereocenters. The maximum atomic E-state index is 12.7. The average Bonchev–Trinajstić information content (AvgIpc) is 2.01. The first-order valence-corrected chi connectivity index (χ1v) is 3.83. The van der Waals surface area contributed by atoms with Crippen molar-refractivity contribution in [2.45, 2.75) is 6.04 Å². The summed E-state index contributed by atoms with van der Waals surface area (Å²) in [5.41, 5.74) is 5.96. The molecule has 0 radical (unpaired) electrons. The van der Waals surface area contributed by atoms with Crippen molar-refractivity contribution in [2.24, 2.45) is 5.73 Å². The summed E-state index contributed by atoms with van der Waals surface area (Å²) in [6.45, 7) is -0.222. The Kier molecular flexibility index (Phi) is 5.25. The van der Waals surface area contributed by atoms with Crippen LogP contribution in [0.2, 0.25) is 5.02 Å². The molecule has 0 saturated carbocycles. The van der Waals surface area contributed by atoms with Gasteiger partial charge in [-0.1, -0.05) is 11.6 Å². The van der Waals surface area contributed by atoms with Crippen molar-refractivity contribution in [1.29, 1.82) is 0 Å². The van der Waals surface area contributed by atoms with E-state index in [0.29, 0.717) is 5.56 Å². The number of rotatable bonds is 2. The summed E-state index contributed by atoms with van der Waals surface area (Å²) in [5.74, 6) is -0.443. The molecule has 0 spiro atoms. The molecule has 0 bridgehead atoms. The molecule has 0 aliphatic rings. The number of aliphatic hydroxyl groups excluding tert-OH is 1. The topological polar surface area (TPSA) is 46.2 Å². The molecule has 0 aliphatic carbocycles. The molecule has 1 aromatic rings. The summed E-state index contributed by atoms with van der Waals surface area (Å²) in [5, 5.41) is 8.97. The Labute approximate surface area is 86.9 Å². The molecule has 1 rings (SSSR count). The van der Waals surface area contributed by atoms with Crippen LogP contribution in [0.25, 0.3) is 0 Å². The average molecular weight is 226 g/mol. The van der Waals surface area contributed by atoms with Gasteiger partial charge in [-0.25, -0.2) is 4.39 Å². The highest BCUT2D eigenvalue weighted by atomic mass is 35.5. The van der Waals surface area contributed by atoms with Gasteiger partial charge in [0.1, 0.15) is 5.82 Å². The lowest BCUT2D eigenvalue weighted by atomic mass is 10.1. The van der Waals surface area contributed by atoms with Gasteiger partial charge in [0.2, 0.25) is 0 Å². The number of nitrogens with two attached hydrogens (primary N) is 1. The van der Waals surface area contributed by atoms with Gasteiger partial charge >= 0.3 is 0 Å². The Morgan fingerprint density at radius 3 is 2.54 bits per heavy atom. The molecule has 3 N–H and O–H groups in total. The molecule has 13 heavy (non-hydrogen) atoms. The highest BCUT2D eigenvalue weighted by Gasteiger charge is 2.06. The van der Waals surface area contributed by atoms with Crippen LogP contribution in [0.15, 0.2) is 18.2 Å². The zero-order valence-electron chi connectivity index (χ0n) is 6.71. The van der Waals surface area contributed by atoms with Gasteiger partial charge in [0.15, 0.2) is 0 Å². The van der Waals surface area contributed by atoms with Gasteiger partial charge in [0.25, 0.3) is 0 Å². The van der Waals surface area contributed by atoms with Gasteiger partial charge < -0.3 is 10.8 Å². The lowest BCUT2D eigenvalue weighted by Gasteiger charge is -2.08. The molecule has 2 nitrogen and oxygen atoms in total. The van der Waals surface area contributed by atoms with E-state index in [9.17, 15) is 4.39 Å². The van der Waals surface area contributed by atoms with Crippen molar-refractivity contribution in [3.8, 4) is 0 Å². The Bertz CT molecular complexity index is 263. The summed E-state index contributed by atoms with van der Waals surface area (Å²) in [7, 11) is 0. The predicted octanol–water partition coefficient (Wildman–Crippen LogP) is 1.89. The van der Waals surface area contributed by atoms with Gasteiger partial charge in [0.05, 0.1) is 12.6 Å². The van der Waals surface area contributed by atoms with E-state index in [2.05, 4.69) is 0 Å². The van der Waals surface area contributed by atoms with Gasteiger partial charge in [-0.05, 0) is 23.8 Å². The zero-order chi connectivity index (χ0) is 9.14. The van der Waals surface area contributed by atoms with Gasteiger partial charge in [-0.15, -0.1) is 12.4 Å². The summed E-state index contributed by atoms with van der Waals surface area (Å²) >= 11 is 5.57. The van der Waals surface area contributed by atoms with Crippen LogP contribution in [-0.2, 0) is 0 Å². The van der Waals surface area contributed by atoms with Crippen molar-refractivity contribution in [3.63, 3.8) is 0 Å². The second-order valence-electron chi connectivity index (χ2n) is 2.49. The van der Waals surface area contributed by atoms with Crippen molar-refractivity contribution in [1.82, 2.24) is 0 Å². The highest BCUT2D eigenvalue weighted by molar-refractivity contribution is 6.30. The number of hydrogen-bond donors (Lipinski definition) is 2. The minimum Gasteiger partial charge on any atom is -0.394 e. The molecule has 74 valence electrons. The minimum atomic E-state index is -0.571. The third-order valence-corrected chi connectivity index (χ3v) is 1.73. The summed E-state index contributed by atoms with van der Waals surface area (Å²) in [6.07, 6.45) is 0. The van der Waals surface area contributed by atoms with E-state index < -0.39 is 11.9 Å². The van der Waals surface area contributed by atoms with Crippen molar-refractivity contribution < 1.29 is 9.50 Å². The lowest BCUT2D eigenvalue weighted by molar-refractivity contribution is 0.268. The lowest BCUT2D eigenvalue weighted by Crippen LogP contribution is -2.14. The Balaban J connectivity index is 0.00000144. The van der Waals surface area contributed by atoms with E-state index in [1.54, 1.807) is 0 Å².